The van der Waals surface area contributed by atoms with Gasteiger partial charge in [0.05, 0.1) is 16.6 Å². The summed E-state index contributed by atoms with van der Waals surface area (Å²) in [6, 6.07) is 17.0. The van der Waals surface area contributed by atoms with Gasteiger partial charge in [0.2, 0.25) is 0 Å². The van der Waals surface area contributed by atoms with Crippen molar-refractivity contribution in [3.05, 3.63) is 77.6 Å². The number of rotatable bonds is 4. The Morgan fingerprint density at radius 3 is 2.57 bits per heavy atom. The molecule has 21 heavy (non-hydrogen) atoms. The Labute approximate surface area is 127 Å². The first-order valence-electron chi connectivity index (χ1n) is 6.62. The van der Waals surface area contributed by atoms with Crippen molar-refractivity contribution >= 4 is 22.7 Å². The fourth-order valence-corrected chi connectivity index (χ4v) is 2.89. The Balaban J connectivity index is 2.31. The molecule has 0 saturated carbocycles. The fraction of sp³-hybridized carbons (Fsp3) is 0.0588. The smallest absolute Gasteiger partial charge is 0.266 e. The van der Waals surface area contributed by atoms with Gasteiger partial charge in [-0.15, -0.1) is 6.58 Å². The first kappa shape index (κ1) is 13.6. The van der Waals surface area contributed by atoms with Crippen molar-refractivity contribution < 1.29 is 0 Å². The molecule has 1 heterocycles. The molecule has 0 bridgehead atoms. The molecule has 0 spiro atoms. The molecule has 104 valence electrons. The molecule has 0 atom stereocenters. The summed E-state index contributed by atoms with van der Waals surface area (Å²) in [5.41, 5.74) is 1.51. The van der Waals surface area contributed by atoms with Gasteiger partial charge in [-0.05, 0) is 24.3 Å². The van der Waals surface area contributed by atoms with Gasteiger partial charge in [-0.25, -0.2) is 4.98 Å². The first-order chi connectivity index (χ1) is 10.3. The van der Waals surface area contributed by atoms with Crippen molar-refractivity contribution in [2.45, 2.75) is 5.16 Å². The molecule has 0 aliphatic rings. The van der Waals surface area contributed by atoms with Crippen LogP contribution in [0.1, 0.15) is 0 Å². The molecule has 3 rings (SSSR count). The highest BCUT2D eigenvalue weighted by molar-refractivity contribution is 7.99. The summed E-state index contributed by atoms with van der Waals surface area (Å²) in [5.74, 6) is 0.706. The maximum Gasteiger partial charge on any atom is 0.266 e. The standard InChI is InChI=1S/C17H14N2OS/c1-2-12-21-17-18-15-11-7-6-10-14(15)16(20)19(17)13-8-4-3-5-9-13/h2-11H,1,12H2. The molecule has 0 aliphatic carbocycles. The predicted octanol–water partition coefficient (Wildman–Crippen LogP) is 3.66. The van der Waals surface area contributed by atoms with E-state index in [0.29, 0.717) is 16.3 Å². The summed E-state index contributed by atoms with van der Waals surface area (Å²) in [4.78, 5) is 17.4. The van der Waals surface area contributed by atoms with Crippen LogP contribution in [-0.2, 0) is 0 Å². The Hall–Kier alpha value is -2.33. The normalized spacial score (nSPS) is 10.7. The largest absolute Gasteiger partial charge is 0.268 e. The molecule has 0 aliphatic heterocycles. The highest BCUT2D eigenvalue weighted by atomic mass is 32.2. The van der Waals surface area contributed by atoms with Gasteiger partial charge in [0.25, 0.3) is 5.56 Å². The molecule has 0 unspecified atom stereocenters. The monoisotopic (exact) mass is 294 g/mol. The van der Waals surface area contributed by atoms with Crippen LogP contribution in [0.2, 0.25) is 0 Å². The number of fused-ring (bicyclic) bond motifs is 1. The molecule has 0 radical (unpaired) electrons. The Kier molecular flexibility index (Phi) is 3.88. The fourth-order valence-electron chi connectivity index (χ4n) is 2.15. The van der Waals surface area contributed by atoms with Crippen LogP contribution >= 0.6 is 11.8 Å². The number of para-hydroxylation sites is 2. The van der Waals surface area contributed by atoms with Gasteiger partial charge < -0.3 is 0 Å². The minimum atomic E-state index is -0.0432. The predicted molar refractivity (Wildman–Crippen MR) is 88.3 cm³/mol. The van der Waals surface area contributed by atoms with Gasteiger partial charge in [0.15, 0.2) is 5.16 Å². The topological polar surface area (TPSA) is 34.9 Å². The van der Waals surface area contributed by atoms with E-state index in [-0.39, 0.29) is 5.56 Å². The summed E-state index contributed by atoms with van der Waals surface area (Å²) in [7, 11) is 0. The third kappa shape index (κ3) is 2.62. The van der Waals surface area contributed by atoms with Crippen molar-refractivity contribution in [3.8, 4) is 5.69 Å². The zero-order chi connectivity index (χ0) is 14.7. The zero-order valence-electron chi connectivity index (χ0n) is 11.4. The van der Waals surface area contributed by atoms with Crippen LogP contribution < -0.4 is 5.56 Å². The number of benzene rings is 2. The lowest BCUT2D eigenvalue weighted by atomic mass is 10.2. The Morgan fingerprint density at radius 1 is 1.10 bits per heavy atom. The average molecular weight is 294 g/mol. The molecule has 3 nitrogen and oxygen atoms in total. The maximum absolute atomic E-state index is 12.8. The summed E-state index contributed by atoms with van der Waals surface area (Å²) in [6.07, 6.45) is 1.81. The molecule has 2 aromatic carbocycles. The number of hydrogen-bond donors (Lipinski definition) is 0. The minimum absolute atomic E-state index is 0.0432. The quantitative estimate of drug-likeness (QED) is 0.418. The van der Waals surface area contributed by atoms with Crippen LogP contribution in [0.15, 0.2) is 77.2 Å². The van der Waals surface area contributed by atoms with E-state index in [0.717, 1.165) is 11.2 Å². The van der Waals surface area contributed by atoms with Crippen LogP contribution in [0.25, 0.3) is 16.6 Å². The maximum atomic E-state index is 12.8. The highest BCUT2D eigenvalue weighted by Gasteiger charge is 2.12. The summed E-state index contributed by atoms with van der Waals surface area (Å²) in [5, 5.41) is 1.31. The first-order valence-corrected chi connectivity index (χ1v) is 7.61. The van der Waals surface area contributed by atoms with Crippen molar-refractivity contribution in [3.63, 3.8) is 0 Å². The molecule has 1 aromatic heterocycles. The summed E-state index contributed by atoms with van der Waals surface area (Å²) in [6.45, 7) is 3.73. The number of thioether (sulfide) groups is 1. The molecule has 0 saturated heterocycles. The van der Waals surface area contributed by atoms with Gasteiger partial charge in [-0.1, -0.05) is 48.2 Å². The van der Waals surface area contributed by atoms with Gasteiger partial charge in [0.1, 0.15) is 0 Å². The second-order valence-electron chi connectivity index (χ2n) is 4.49. The molecular weight excluding hydrogens is 280 g/mol. The van der Waals surface area contributed by atoms with Gasteiger partial charge in [-0.2, -0.15) is 0 Å². The average Bonchev–Trinajstić information content (AvgIpc) is 2.54. The minimum Gasteiger partial charge on any atom is -0.268 e. The highest BCUT2D eigenvalue weighted by Crippen LogP contribution is 2.21. The van der Waals surface area contributed by atoms with Gasteiger partial charge >= 0.3 is 0 Å². The van der Waals surface area contributed by atoms with Crippen molar-refractivity contribution in [1.29, 1.82) is 0 Å². The van der Waals surface area contributed by atoms with E-state index < -0.39 is 0 Å². The van der Waals surface area contributed by atoms with E-state index in [1.54, 1.807) is 10.6 Å². The van der Waals surface area contributed by atoms with E-state index in [2.05, 4.69) is 11.6 Å². The van der Waals surface area contributed by atoms with Crippen LogP contribution in [0, 0.1) is 0 Å². The van der Waals surface area contributed by atoms with Crippen molar-refractivity contribution in [2.24, 2.45) is 0 Å². The van der Waals surface area contributed by atoms with Crippen LogP contribution in [0.4, 0.5) is 0 Å². The van der Waals surface area contributed by atoms with Crippen molar-refractivity contribution in [2.75, 3.05) is 5.75 Å². The number of nitrogens with zero attached hydrogens (tertiary/aromatic N) is 2. The van der Waals surface area contributed by atoms with Gasteiger partial charge in [-0.3, -0.25) is 9.36 Å². The third-order valence-corrected chi connectivity index (χ3v) is 4.02. The number of hydrogen-bond acceptors (Lipinski definition) is 3. The van der Waals surface area contributed by atoms with E-state index in [1.165, 1.54) is 11.8 Å². The molecule has 3 aromatic rings. The van der Waals surface area contributed by atoms with Crippen LogP contribution in [-0.4, -0.2) is 15.3 Å². The SMILES string of the molecule is C=CCSc1nc2ccccc2c(=O)n1-c1ccccc1. The Morgan fingerprint density at radius 2 is 1.81 bits per heavy atom. The third-order valence-electron chi connectivity index (χ3n) is 3.09. The molecular formula is C17H14N2OS. The van der Waals surface area contributed by atoms with Crippen molar-refractivity contribution in [1.82, 2.24) is 9.55 Å². The van der Waals surface area contributed by atoms with E-state index in [1.807, 2.05) is 54.6 Å². The number of aromatic nitrogens is 2. The van der Waals surface area contributed by atoms with Crippen LogP contribution in [0.3, 0.4) is 0 Å². The molecule has 4 heteroatoms. The lowest BCUT2D eigenvalue weighted by Crippen LogP contribution is -2.21. The second kappa shape index (κ2) is 5.97. The molecule has 0 fully saturated rings. The second-order valence-corrected chi connectivity index (χ2v) is 5.47. The Bertz CT molecular complexity index is 840. The molecule has 0 N–H and O–H groups in total. The lowest BCUT2D eigenvalue weighted by Gasteiger charge is -2.12. The van der Waals surface area contributed by atoms with E-state index in [9.17, 15) is 4.79 Å². The van der Waals surface area contributed by atoms with Crippen LogP contribution in [0.5, 0.6) is 0 Å². The molecule has 0 amide bonds. The van der Waals surface area contributed by atoms with Gasteiger partial charge in [0, 0.05) is 5.75 Å². The van der Waals surface area contributed by atoms with E-state index in [4.69, 9.17) is 0 Å². The zero-order valence-corrected chi connectivity index (χ0v) is 12.2. The van der Waals surface area contributed by atoms with E-state index >= 15 is 0 Å². The summed E-state index contributed by atoms with van der Waals surface area (Å²) >= 11 is 1.50. The summed E-state index contributed by atoms with van der Waals surface area (Å²) < 4.78 is 1.66. The lowest BCUT2D eigenvalue weighted by molar-refractivity contribution is 0.821.